The van der Waals surface area contributed by atoms with Crippen LogP contribution in [-0.4, -0.2) is 14.2 Å². The van der Waals surface area contributed by atoms with Crippen molar-refractivity contribution < 1.29 is 9.47 Å². The molecule has 49 heavy (non-hydrogen) atoms. The molecule has 5 heteroatoms. The zero-order valence-electron chi connectivity index (χ0n) is 29.2. The summed E-state index contributed by atoms with van der Waals surface area (Å²) in [6.07, 6.45) is 0. The normalized spacial score (nSPS) is 11.6. The summed E-state index contributed by atoms with van der Waals surface area (Å²) in [5, 5.41) is 7.20. The van der Waals surface area contributed by atoms with Gasteiger partial charge in [0.05, 0.1) is 27.0 Å². The third kappa shape index (κ3) is 6.76. The first-order chi connectivity index (χ1) is 23.9. The van der Waals surface area contributed by atoms with Crippen LogP contribution in [0.3, 0.4) is 0 Å². The summed E-state index contributed by atoms with van der Waals surface area (Å²) in [6, 6.07) is 54.6. The molecule has 0 aromatic heterocycles. The fraction of sp³-hybridized carbons (Fsp3) is 0.182. The van der Waals surface area contributed by atoms with E-state index >= 15 is 0 Å². The molecule has 6 aromatic carbocycles. The molecule has 0 saturated carbocycles. The molecule has 0 unspecified atom stereocenters. The van der Waals surface area contributed by atoms with Gasteiger partial charge >= 0.3 is 0 Å². The number of ether oxygens (including phenoxy) is 2. The van der Waals surface area contributed by atoms with Crippen molar-refractivity contribution in [1.29, 1.82) is 0 Å². The first-order valence-electron chi connectivity index (χ1n) is 16.9. The molecule has 0 fully saturated rings. The number of hydrogen-bond donors (Lipinski definition) is 0. The molecule has 0 aliphatic heterocycles. The molecule has 6 aromatic rings. The molecule has 0 heterocycles. The average molecular weight is 682 g/mol. The van der Waals surface area contributed by atoms with Crippen LogP contribution in [0.1, 0.15) is 50.7 Å². The van der Waals surface area contributed by atoms with E-state index in [1.54, 1.807) is 14.2 Å². The van der Waals surface area contributed by atoms with Crippen LogP contribution < -0.4 is 41.3 Å². The maximum atomic E-state index is 6.22. The highest BCUT2D eigenvalue weighted by atomic mass is 31.2. The van der Waals surface area contributed by atoms with Gasteiger partial charge in [0.2, 0.25) is 0 Å². The lowest BCUT2D eigenvalue weighted by Gasteiger charge is -2.33. The first kappa shape index (κ1) is 34.4. The standard InChI is InChI=1S/C44H45NO2P2/c1-32(2)36-24-19-25-37(33(3)4)44(36)45-49(34-20-9-7-10-21-34,35-22-11-8-12-23-35)43-31-18-17-30-42(43)48(40-28-15-13-26-38(40)46-5)41-29-16-14-27-39(41)47-6/h7-33H,1-6H3. The molecule has 0 radical (unpaired) electrons. The predicted octanol–water partition coefficient (Wildman–Crippen LogP) is 9.52. The van der Waals surface area contributed by atoms with Crippen molar-refractivity contribution in [2.75, 3.05) is 14.2 Å². The zero-order chi connectivity index (χ0) is 34.4. The summed E-state index contributed by atoms with van der Waals surface area (Å²) >= 11 is 0. The van der Waals surface area contributed by atoms with Crippen molar-refractivity contribution in [3.8, 4) is 11.5 Å². The molecular formula is C44H45NO2P2. The van der Waals surface area contributed by atoms with Gasteiger partial charge in [-0.2, -0.15) is 0 Å². The summed E-state index contributed by atoms with van der Waals surface area (Å²) in [6.45, 7) is 9.11. The quantitative estimate of drug-likeness (QED) is 0.128. The molecule has 0 N–H and O–H groups in total. The minimum Gasteiger partial charge on any atom is -0.496 e. The summed E-state index contributed by atoms with van der Waals surface area (Å²) < 4.78 is 18.4. The molecule has 6 rings (SSSR count). The maximum absolute atomic E-state index is 6.22. The zero-order valence-corrected chi connectivity index (χ0v) is 31.0. The minimum atomic E-state index is -2.73. The van der Waals surface area contributed by atoms with E-state index in [-0.39, 0.29) is 0 Å². The Morgan fingerprint density at radius 2 is 0.878 bits per heavy atom. The van der Waals surface area contributed by atoms with Gasteiger partial charge in [0.25, 0.3) is 0 Å². The van der Waals surface area contributed by atoms with Crippen molar-refractivity contribution in [2.45, 2.75) is 39.5 Å². The third-order valence-electron chi connectivity index (χ3n) is 8.98. The van der Waals surface area contributed by atoms with Gasteiger partial charge in [0.1, 0.15) is 11.5 Å². The summed E-state index contributed by atoms with van der Waals surface area (Å²) in [5.41, 5.74) is 3.66. The van der Waals surface area contributed by atoms with E-state index in [0.29, 0.717) is 11.8 Å². The highest BCUT2D eigenvalue weighted by Gasteiger charge is 2.35. The predicted molar refractivity (Wildman–Crippen MR) is 214 cm³/mol. The second-order valence-electron chi connectivity index (χ2n) is 12.7. The summed E-state index contributed by atoms with van der Waals surface area (Å²) in [5.74, 6) is 2.34. The third-order valence-corrected chi connectivity index (χ3v) is 15.4. The Labute approximate surface area is 293 Å². The monoisotopic (exact) mass is 681 g/mol. The Balaban J connectivity index is 1.84. The lowest BCUT2D eigenvalue weighted by atomic mass is 9.93. The van der Waals surface area contributed by atoms with Gasteiger partial charge in [0.15, 0.2) is 0 Å². The summed E-state index contributed by atoms with van der Waals surface area (Å²) in [4.78, 5) is 0. The number of nitrogens with zero attached hydrogens (tertiary/aromatic N) is 1. The number of para-hydroxylation sites is 2. The van der Waals surface area contributed by atoms with E-state index in [0.717, 1.165) is 27.8 Å². The van der Waals surface area contributed by atoms with Crippen LogP contribution in [0.5, 0.6) is 11.5 Å². The van der Waals surface area contributed by atoms with Crippen LogP contribution in [0.15, 0.2) is 156 Å². The molecule has 3 nitrogen and oxygen atoms in total. The number of benzene rings is 6. The van der Waals surface area contributed by atoms with Crippen molar-refractivity contribution in [3.63, 3.8) is 0 Å². The Kier molecular flexibility index (Phi) is 10.8. The molecule has 0 spiro atoms. The fourth-order valence-electron chi connectivity index (χ4n) is 6.61. The van der Waals surface area contributed by atoms with E-state index in [4.69, 9.17) is 14.2 Å². The number of hydrogen-bond acceptors (Lipinski definition) is 3. The van der Waals surface area contributed by atoms with E-state index in [1.807, 2.05) is 12.1 Å². The van der Waals surface area contributed by atoms with E-state index in [2.05, 4.69) is 167 Å². The molecule has 248 valence electrons. The Morgan fingerprint density at radius 1 is 0.469 bits per heavy atom. The fourth-order valence-corrected chi connectivity index (χ4v) is 13.5. The van der Waals surface area contributed by atoms with Gasteiger partial charge in [-0.15, -0.1) is 0 Å². The van der Waals surface area contributed by atoms with Crippen molar-refractivity contribution in [1.82, 2.24) is 0 Å². The minimum absolute atomic E-state index is 0.306. The van der Waals surface area contributed by atoms with Gasteiger partial charge in [-0.1, -0.05) is 167 Å². The first-order valence-corrected chi connectivity index (χ1v) is 20.0. The molecule has 0 aliphatic rings. The van der Waals surface area contributed by atoms with Crippen molar-refractivity contribution >= 4 is 52.5 Å². The van der Waals surface area contributed by atoms with Crippen LogP contribution in [0.2, 0.25) is 0 Å². The molecule has 0 atom stereocenters. The lowest BCUT2D eigenvalue weighted by Crippen LogP contribution is -2.37. The highest BCUT2D eigenvalue weighted by molar-refractivity contribution is 7.90. The Hall–Kier alpha value is -4.42. The lowest BCUT2D eigenvalue weighted by molar-refractivity contribution is 0.417. The molecule has 0 aliphatic carbocycles. The van der Waals surface area contributed by atoms with Gasteiger partial charge < -0.3 is 9.47 Å². The van der Waals surface area contributed by atoms with Crippen LogP contribution in [-0.2, 0) is 0 Å². The van der Waals surface area contributed by atoms with Crippen LogP contribution in [0.4, 0.5) is 5.69 Å². The van der Waals surface area contributed by atoms with E-state index < -0.39 is 15.0 Å². The molecule has 0 saturated heterocycles. The summed E-state index contributed by atoms with van der Waals surface area (Å²) in [7, 11) is -0.368. The van der Waals surface area contributed by atoms with Gasteiger partial charge in [-0.3, -0.25) is 4.74 Å². The Morgan fingerprint density at radius 3 is 1.33 bits per heavy atom. The smallest absolute Gasteiger partial charge is 0.127 e. The van der Waals surface area contributed by atoms with E-state index in [1.165, 1.54) is 32.3 Å². The average Bonchev–Trinajstić information content (AvgIpc) is 3.15. The van der Waals surface area contributed by atoms with Crippen LogP contribution >= 0.6 is 15.0 Å². The molecule has 0 amide bonds. The van der Waals surface area contributed by atoms with Gasteiger partial charge in [0, 0.05) is 26.5 Å². The second-order valence-corrected chi connectivity index (χ2v) is 17.8. The number of rotatable bonds is 11. The van der Waals surface area contributed by atoms with Crippen molar-refractivity contribution in [2.24, 2.45) is 4.74 Å². The van der Waals surface area contributed by atoms with Crippen LogP contribution in [0, 0.1) is 0 Å². The topological polar surface area (TPSA) is 30.8 Å². The SMILES string of the molecule is COc1ccccc1P(c1ccccc1OC)c1ccccc1P(=Nc1c(C(C)C)cccc1C(C)C)(c1ccccc1)c1ccccc1. The van der Waals surface area contributed by atoms with Gasteiger partial charge in [-0.05, 0) is 48.3 Å². The van der Waals surface area contributed by atoms with Gasteiger partial charge in [-0.25, -0.2) is 0 Å². The van der Waals surface area contributed by atoms with E-state index in [9.17, 15) is 0 Å². The largest absolute Gasteiger partial charge is 0.496 e. The molecule has 0 bridgehead atoms. The maximum Gasteiger partial charge on any atom is 0.127 e. The molecular weight excluding hydrogens is 636 g/mol. The van der Waals surface area contributed by atoms with Crippen molar-refractivity contribution in [3.05, 3.63) is 163 Å². The highest BCUT2D eigenvalue weighted by Crippen LogP contribution is 2.53. The second kappa shape index (κ2) is 15.4. The van der Waals surface area contributed by atoms with Crippen LogP contribution in [0.25, 0.3) is 0 Å². The number of methoxy groups -OCH3 is 2. The Bertz CT molecular complexity index is 1960.